The van der Waals surface area contributed by atoms with Crippen molar-refractivity contribution in [3.05, 3.63) is 0 Å². The number of aliphatic carboxylic acids is 1. The van der Waals surface area contributed by atoms with E-state index in [1.807, 2.05) is 18.7 Å². The number of likely N-dealkylation sites (tertiary alicyclic amines) is 1. The van der Waals surface area contributed by atoms with Crippen LogP contribution in [0.1, 0.15) is 58.8 Å². The van der Waals surface area contributed by atoms with Gasteiger partial charge in [0.2, 0.25) is 0 Å². The zero-order valence-corrected chi connectivity index (χ0v) is 13.3. The first-order chi connectivity index (χ1) is 10.0. The van der Waals surface area contributed by atoms with Crippen molar-refractivity contribution in [2.24, 2.45) is 5.92 Å². The summed E-state index contributed by atoms with van der Waals surface area (Å²) in [6.07, 6.45) is 7.19. The molecule has 2 fully saturated rings. The molecule has 2 aliphatic rings. The van der Waals surface area contributed by atoms with Gasteiger partial charge in [-0.15, -0.1) is 0 Å². The van der Waals surface area contributed by atoms with Gasteiger partial charge < -0.3 is 14.9 Å². The number of carboxylic acid groups (broad SMARTS) is 1. The second-order valence-electron chi connectivity index (χ2n) is 6.46. The second-order valence-corrected chi connectivity index (χ2v) is 6.46. The fourth-order valence-corrected chi connectivity index (χ4v) is 4.03. The predicted molar refractivity (Wildman–Crippen MR) is 81.2 cm³/mol. The van der Waals surface area contributed by atoms with E-state index in [2.05, 4.69) is 0 Å². The molecule has 5 heteroatoms. The molecule has 1 aliphatic carbocycles. The number of nitrogens with zero attached hydrogens (tertiary/aromatic N) is 2. The molecule has 21 heavy (non-hydrogen) atoms. The lowest BCUT2D eigenvalue weighted by Crippen LogP contribution is -2.56. The van der Waals surface area contributed by atoms with Gasteiger partial charge in [-0.2, -0.15) is 0 Å². The minimum Gasteiger partial charge on any atom is -0.481 e. The first kappa shape index (κ1) is 16.1. The molecule has 1 saturated carbocycles. The summed E-state index contributed by atoms with van der Waals surface area (Å²) in [5.41, 5.74) is 0. The summed E-state index contributed by atoms with van der Waals surface area (Å²) in [6, 6.07) is 0.179. The highest BCUT2D eigenvalue weighted by atomic mass is 16.4. The molecule has 1 saturated heterocycles. The summed E-state index contributed by atoms with van der Waals surface area (Å²) in [7, 11) is 0. The molecule has 3 atom stereocenters. The number of piperidine rings is 1. The third-order valence-corrected chi connectivity index (χ3v) is 5.08. The molecule has 0 radical (unpaired) electrons. The molecule has 0 aromatic carbocycles. The van der Waals surface area contributed by atoms with Crippen LogP contribution in [0.15, 0.2) is 0 Å². The normalized spacial score (nSPS) is 26.9. The smallest absolute Gasteiger partial charge is 0.320 e. The van der Waals surface area contributed by atoms with Crippen LogP contribution in [0.4, 0.5) is 4.79 Å². The van der Waals surface area contributed by atoms with Crippen molar-refractivity contribution in [2.45, 2.75) is 70.9 Å². The largest absolute Gasteiger partial charge is 0.481 e. The molecule has 1 heterocycles. The van der Waals surface area contributed by atoms with E-state index in [4.69, 9.17) is 5.11 Å². The zero-order valence-electron chi connectivity index (χ0n) is 13.3. The van der Waals surface area contributed by atoms with Crippen LogP contribution in [0, 0.1) is 5.92 Å². The number of carbonyl (C=O) groups excluding carboxylic acids is 1. The van der Waals surface area contributed by atoms with Crippen molar-refractivity contribution >= 4 is 12.0 Å². The average Bonchev–Trinajstić information content (AvgIpc) is 2.46. The van der Waals surface area contributed by atoms with Gasteiger partial charge in [0.1, 0.15) is 0 Å². The minimum atomic E-state index is -0.845. The predicted octanol–water partition coefficient (Wildman–Crippen LogP) is 2.95. The molecule has 0 aromatic heterocycles. The maximum absolute atomic E-state index is 12.9. The number of carbonyl (C=O) groups is 2. The Bertz CT molecular complexity index is 384. The SMILES string of the molecule is CCN(C(=O)N1CCC[C@H]2CCCC[C@H]21)C(C)CC(=O)O. The van der Waals surface area contributed by atoms with Gasteiger partial charge in [0.15, 0.2) is 0 Å². The van der Waals surface area contributed by atoms with E-state index in [0.29, 0.717) is 18.5 Å². The fourth-order valence-electron chi connectivity index (χ4n) is 4.03. The van der Waals surface area contributed by atoms with Crippen LogP contribution < -0.4 is 0 Å². The highest BCUT2D eigenvalue weighted by molar-refractivity contribution is 5.76. The van der Waals surface area contributed by atoms with Crippen molar-refractivity contribution < 1.29 is 14.7 Å². The van der Waals surface area contributed by atoms with Crippen LogP contribution in [-0.4, -0.2) is 52.1 Å². The lowest BCUT2D eigenvalue weighted by atomic mass is 9.78. The third-order valence-electron chi connectivity index (χ3n) is 5.08. The van der Waals surface area contributed by atoms with Crippen LogP contribution in [0.3, 0.4) is 0 Å². The van der Waals surface area contributed by atoms with E-state index in [1.165, 1.54) is 25.7 Å². The third kappa shape index (κ3) is 3.69. The summed E-state index contributed by atoms with van der Waals surface area (Å²) in [4.78, 5) is 27.5. The summed E-state index contributed by atoms with van der Waals surface area (Å²) < 4.78 is 0. The van der Waals surface area contributed by atoms with Crippen molar-refractivity contribution in [1.82, 2.24) is 9.80 Å². The Labute approximate surface area is 127 Å². The van der Waals surface area contributed by atoms with Crippen molar-refractivity contribution in [1.29, 1.82) is 0 Å². The van der Waals surface area contributed by atoms with E-state index in [1.54, 1.807) is 4.90 Å². The fraction of sp³-hybridized carbons (Fsp3) is 0.875. The highest BCUT2D eigenvalue weighted by Crippen LogP contribution is 2.35. The van der Waals surface area contributed by atoms with Crippen LogP contribution in [-0.2, 0) is 4.79 Å². The molecular formula is C16H28N2O3. The molecule has 1 unspecified atom stereocenters. The van der Waals surface area contributed by atoms with Crippen LogP contribution in [0.2, 0.25) is 0 Å². The van der Waals surface area contributed by atoms with Crippen molar-refractivity contribution in [3.63, 3.8) is 0 Å². The lowest BCUT2D eigenvalue weighted by molar-refractivity contribution is -0.138. The van der Waals surface area contributed by atoms with Gasteiger partial charge in [-0.1, -0.05) is 12.8 Å². The monoisotopic (exact) mass is 296 g/mol. The Hall–Kier alpha value is -1.26. The van der Waals surface area contributed by atoms with Gasteiger partial charge in [0.25, 0.3) is 0 Å². The number of amides is 2. The van der Waals surface area contributed by atoms with Gasteiger partial charge in [0.05, 0.1) is 6.42 Å². The number of hydrogen-bond acceptors (Lipinski definition) is 2. The average molecular weight is 296 g/mol. The van der Waals surface area contributed by atoms with Gasteiger partial charge >= 0.3 is 12.0 Å². The molecule has 5 nitrogen and oxygen atoms in total. The molecule has 0 bridgehead atoms. The molecule has 1 N–H and O–H groups in total. The molecule has 120 valence electrons. The van der Waals surface area contributed by atoms with Crippen LogP contribution in [0.25, 0.3) is 0 Å². The standard InChI is InChI=1S/C16H28N2O3/c1-3-17(12(2)11-15(19)20)16(21)18-10-6-8-13-7-4-5-9-14(13)18/h12-14H,3-11H2,1-2H3,(H,19,20)/t12?,13-,14-/m1/s1. The van der Waals surface area contributed by atoms with E-state index in [-0.39, 0.29) is 18.5 Å². The van der Waals surface area contributed by atoms with E-state index in [9.17, 15) is 9.59 Å². The summed E-state index contributed by atoms with van der Waals surface area (Å²) >= 11 is 0. The minimum absolute atomic E-state index is 0.0154. The highest BCUT2D eigenvalue weighted by Gasteiger charge is 2.38. The molecular weight excluding hydrogens is 268 g/mol. The first-order valence-corrected chi connectivity index (χ1v) is 8.33. The van der Waals surface area contributed by atoms with Gasteiger partial charge in [-0.3, -0.25) is 4.79 Å². The summed E-state index contributed by atoms with van der Waals surface area (Å²) in [5, 5.41) is 8.96. The lowest BCUT2D eigenvalue weighted by Gasteiger charge is -2.46. The maximum atomic E-state index is 12.9. The number of urea groups is 1. The van der Waals surface area contributed by atoms with Gasteiger partial charge in [-0.25, -0.2) is 4.79 Å². The molecule has 2 rings (SSSR count). The zero-order chi connectivity index (χ0) is 15.4. The second kappa shape index (κ2) is 7.14. The summed E-state index contributed by atoms with van der Waals surface area (Å²) in [6.45, 7) is 5.16. The van der Waals surface area contributed by atoms with Gasteiger partial charge in [-0.05, 0) is 45.4 Å². The van der Waals surface area contributed by atoms with Crippen LogP contribution in [0.5, 0.6) is 0 Å². The molecule has 0 aromatic rings. The van der Waals surface area contributed by atoms with Gasteiger partial charge in [0, 0.05) is 25.2 Å². The Morgan fingerprint density at radius 2 is 1.90 bits per heavy atom. The van der Waals surface area contributed by atoms with Crippen molar-refractivity contribution in [2.75, 3.05) is 13.1 Å². The van der Waals surface area contributed by atoms with Crippen molar-refractivity contribution in [3.8, 4) is 0 Å². The first-order valence-electron chi connectivity index (χ1n) is 8.33. The molecule has 2 amide bonds. The Balaban J connectivity index is 2.06. The quantitative estimate of drug-likeness (QED) is 0.867. The number of fused-ring (bicyclic) bond motifs is 1. The maximum Gasteiger partial charge on any atom is 0.320 e. The Kier molecular flexibility index (Phi) is 5.48. The topological polar surface area (TPSA) is 60.9 Å². The van der Waals surface area contributed by atoms with E-state index >= 15 is 0 Å². The number of hydrogen-bond donors (Lipinski definition) is 1. The summed E-state index contributed by atoms with van der Waals surface area (Å²) in [5.74, 6) is -0.187. The number of carboxylic acids is 1. The Morgan fingerprint density at radius 3 is 2.57 bits per heavy atom. The molecule has 1 aliphatic heterocycles. The number of rotatable bonds is 4. The van der Waals surface area contributed by atoms with E-state index < -0.39 is 5.97 Å². The van der Waals surface area contributed by atoms with Crippen LogP contribution >= 0.6 is 0 Å². The molecule has 0 spiro atoms. The van der Waals surface area contributed by atoms with E-state index in [0.717, 1.165) is 19.4 Å². The Morgan fingerprint density at radius 1 is 1.24 bits per heavy atom.